The third-order valence-corrected chi connectivity index (χ3v) is 18.7. The van der Waals surface area contributed by atoms with Gasteiger partial charge in [-0.25, -0.2) is 37.8 Å². The fourth-order valence-electron chi connectivity index (χ4n) is 8.47. The van der Waals surface area contributed by atoms with E-state index in [1.807, 2.05) is 4.98 Å². The van der Waals surface area contributed by atoms with Crippen molar-refractivity contribution in [3.63, 3.8) is 0 Å². The lowest BCUT2D eigenvalue weighted by molar-refractivity contribution is -0.745. The normalized spacial score (nSPS) is 30.9. The number of aliphatic hydroxyl groups excluding tert-OH is 3. The molecule has 0 aromatic carbocycles. The van der Waals surface area contributed by atoms with Crippen LogP contribution in [0.5, 0.6) is 0 Å². The second-order valence-electron chi connectivity index (χ2n) is 16.4. The third-order valence-electron chi connectivity index (χ3n) is 11.7. The minimum atomic E-state index is -5.98. The summed E-state index contributed by atoms with van der Waals surface area (Å²) in [6.45, 7) is -8.12. The molecular weight excluding hydrogens is 1090 g/mol. The highest BCUT2D eigenvalue weighted by molar-refractivity contribution is 8.08. The van der Waals surface area contributed by atoms with E-state index in [-0.39, 0.29) is 40.7 Å². The Bertz CT molecular complexity index is 3250. The number of nitrogens with zero attached hydrogens (tertiary/aromatic N) is 8. The molecule has 0 saturated carbocycles. The van der Waals surface area contributed by atoms with E-state index in [1.54, 1.807) is 0 Å². The van der Waals surface area contributed by atoms with E-state index in [1.165, 1.54) is 34.2 Å². The van der Waals surface area contributed by atoms with Crippen molar-refractivity contribution in [2.75, 3.05) is 52.1 Å². The first-order valence-corrected chi connectivity index (χ1v) is 28.2. The molecule has 35 nitrogen and oxygen atoms in total. The number of nitrogen functional groups attached to an aromatic ring is 2. The molecule has 8 heterocycles. The lowest BCUT2D eigenvalue weighted by Gasteiger charge is -2.28. The Kier molecular flexibility index (Phi) is 15.9. The van der Waals surface area contributed by atoms with Crippen LogP contribution in [-0.4, -0.2) is 168 Å². The highest BCUT2D eigenvalue weighted by atomic mass is 32.5. The molecule has 0 spiro atoms. The standard InChI is InChI=1S/C33H46N12O23P4S/c1-42-12-45(27-19(42)28(50)41-32(35)40-27)29-20(47)13(6-59-2)14(64-29)7-63-72(58,73)68-71(56,57)67-70(54,55)62-9-16-24(23(60-3)31(66-16)44-11-38-18-25(34)36-10-37-26(18)44)69(52,53)61-8-15-21(48)22(49)30(65-15)43-5-4-17(46)39-33(43)51/h4-5,10-16,20-24,29-31,47-49H,6-9H2,1-3H3,(H9-,34,35,36,37,39,40,41,46,50,51,52,53,54,55,56,57,58,73)/p+1/t13-,14-,15-,16?,20-,21-,22-,23-,24-,29-,30-,31-,72?/m1/s1. The van der Waals surface area contributed by atoms with Gasteiger partial charge < -0.3 is 79.1 Å². The van der Waals surface area contributed by atoms with Crippen LogP contribution >= 0.6 is 30.0 Å². The molecule has 3 aliphatic heterocycles. The minimum absolute atomic E-state index is 0.0131. The van der Waals surface area contributed by atoms with Crippen LogP contribution in [0.15, 0.2) is 45.6 Å². The minimum Gasteiger partial charge on any atom is -0.387 e. The first-order chi connectivity index (χ1) is 34.2. The summed E-state index contributed by atoms with van der Waals surface area (Å²) in [4.78, 5) is 101. The molecule has 3 fully saturated rings. The number of methoxy groups -OCH3 is 2. The maximum absolute atomic E-state index is 14.3. The van der Waals surface area contributed by atoms with E-state index in [2.05, 4.69) is 33.5 Å². The van der Waals surface area contributed by atoms with Crippen molar-refractivity contribution in [3.8, 4) is 0 Å². The van der Waals surface area contributed by atoms with Crippen molar-refractivity contribution in [1.29, 1.82) is 0 Å². The molecule has 0 aliphatic carbocycles. The maximum Gasteiger partial charge on any atom is 0.488 e. The van der Waals surface area contributed by atoms with E-state index in [0.717, 1.165) is 36.6 Å². The number of phosphoric ester groups is 1. The molecule has 402 valence electrons. The molecule has 8 rings (SSSR count). The smallest absolute Gasteiger partial charge is 0.387 e. The summed E-state index contributed by atoms with van der Waals surface area (Å²) in [7, 11) is -13.2. The number of ether oxygens (including phenoxy) is 5. The Hall–Kier alpha value is -4.16. The number of nitrogens with two attached hydrogens (primary N) is 2. The molecule has 16 atom stereocenters. The molecule has 5 aromatic heterocycles. The van der Waals surface area contributed by atoms with Crippen molar-refractivity contribution in [1.82, 2.24) is 43.6 Å². The predicted molar refractivity (Wildman–Crippen MR) is 243 cm³/mol. The Labute approximate surface area is 412 Å². The topological polar surface area (TPSA) is 490 Å². The van der Waals surface area contributed by atoms with E-state index in [4.69, 9.17) is 60.5 Å². The zero-order valence-electron chi connectivity index (χ0n) is 37.7. The van der Waals surface area contributed by atoms with Gasteiger partial charge in [0.15, 0.2) is 30.2 Å². The number of hydrogen-bond acceptors (Lipinski definition) is 26. The van der Waals surface area contributed by atoms with Gasteiger partial charge in [0.05, 0.1) is 45.9 Å². The summed E-state index contributed by atoms with van der Waals surface area (Å²) in [5.74, 6) is -1.27. The second kappa shape index (κ2) is 21.1. The van der Waals surface area contributed by atoms with Crippen molar-refractivity contribution in [2.45, 2.75) is 67.1 Å². The number of nitrogens with one attached hydrogen (secondary N) is 2. The molecule has 5 aromatic rings. The molecule has 73 heavy (non-hydrogen) atoms. The number of fused-ring (bicyclic) bond motifs is 2. The highest BCUT2D eigenvalue weighted by Gasteiger charge is 2.58. The Morgan fingerprint density at radius 1 is 0.822 bits per heavy atom. The maximum atomic E-state index is 14.3. The SMILES string of the molecule is COC[C@H]1[C@@H](O)[C@H]([n+]2cn(C)c3c(=O)[nH]c(N)nc32)O[C@@H]1COP(O)(=S)OP(=O)(O)OP(=O)(O)OCC1O[C@@H](n2cnc3c(N)ncnc32)[C@H](OC)[C@@H]1P(=O)(O)OC[C@H]1O[C@@H](n2ccc(=O)[nH]c2=O)[C@H](O)[C@@H]1O. The largest absolute Gasteiger partial charge is 0.488 e. The monoisotopic (exact) mass is 1140 g/mol. The van der Waals surface area contributed by atoms with Gasteiger partial charge in [-0.3, -0.25) is 42.3 Å². The van der Waals surface area contributed by atoms with Crippen molar-refractivity contribution in [3.05, 3.63) is 62.4 Å². The van der Waals surface area contributed by atoms with Crippen LogP contribution in [0.4, 0.5) is 11.8 Å². The number of imidazole rings is 2. The molecule has 3 saturated heterocycles. The molecule has 40 heteroatoms. The van der Waals surface area contributed by atoms with E-state index >= 15 is 0 Å². The van der Waals surface area contributed by atoms with Crippen LogP contribution in [0.1, 0.15) is 18.7 Å². The molecule has 0 amide bonds. The number of aromatic nitrogens is 10. The lowest BCUT2D eigenvalue weighted by Crippen LogP contribution is -2.45. The van der Waals surface area contributed by atoms with Crippen LogP contribution in [0, 0.1) is 5.92 Å². The van der Waals surface area contributed by atoms with Crippen molar-refractivity contribution < 1.29 is 99.0 Å². The Morgan fingerprint density at radius 3 is 2.22 bits per heavy atom. The van der Waals surface area contributed by atoms with Gasteiger partial charge in [0, 0.05) is 32.4 Å². The summed E-state index contributed by atoms with van der Waals surface area (Å²) in [6.07, 6.45) is -11.1. The first-order valence-electron chi connectivity index (χ1n) is 20.9. The highest BCUT2D eigenvalue weighted by Crippen LogP contribution is 2.68. The van der Waals surface area contributed by atoms with Gasteiger partial charge in [-0.15, -0.1) is 0 Å². The van der Waals surface area contributed by atoms with Gasteiger partial charge >= 0.3 is 41.3 Å². The van der Waals surface area contributed by atoms with E-state index < -0.39 is 140 Å². The molecule has 13 N–H and O–H groups in total. The third kappa shape index (κ3) is 11.4. The van der Waals surface area contributed by atoms with Gasteiger partial charge in [0.1, 0.15) is 54.1 Å². The number of rotatable bonds is 20. The number of H-pyrrole nitrogens is 2. The van der Waals surface area contributed by atoms with Crippen molar-refractivity contribution >= 4 is 75.9 Å². The van der Waals surface area contributed by atoms with Crippen LogP contribution in [0.3, 0.4) is 0 Å². The van der Waals surface area contributed by atoms with Gasteiger partial charge in [0.2, 0.25) is 11.7 Å². The fraction of sp³-hybridized carbons (Fsp3) is 0.576. The molecular formula is C33H47N12O23P4S+. The van der Waals surface area contributed by atoms with Gasteiger partial charge in [-0.05, 0) is 11.8 Å². The number of aliphatic hydroxyl groups is 3. The summed E-state index contributed by atoms with van der Waals surface area (Å²) in [6, 6.07) is 0.936. The summed E-state index contributed by atoms with van der Waals surface area (Å²) >= 11 is 4.89. The number of aryl methyl sites for hydroxylation is 1. The number of phosphoric acid groups is 2. The number of aromatic amines is 2. The molecule has 3 aliphatic rings. The summed E-state index contributed by atoms with van der Waals surface area (Å²) < 4.78 is 98.6. The molecule has 0 radical (unpaired) electrons. The zero-order chi connectivity index (χ0) is 53.1. The van der Waals surface area contributed by atoms with Gasteiger partial charge in [-0.2, -0.15) is 4.31 Å². The molecule has 5 unspecified atom stereocenters. The number of anilines is 2. The first kappa shape index (κ1) is 55.1. The van der Waals surface area contributed by atoms with E-state index in [0.29, 0.717) is 0 Å². The summed E-state index contributed by atoms with van der Waals surface area (Å²) in [5, 5.41) is 32.8. The second-order valence-corrected chi connectivity index (χ2v) is 24.4. The average Bonchev–Trinajstić information content (AvgIpc) is 4.10. The van der Waals surface area contributed by atoms with Crippen LogP contribution in [-0.2, 0) is 78.4 Å². The average molecular weight is 1140 g/mol. The lowest BCUT2D eigenvalue weighted by atomic mass is 9.99. The van der Waals surface area contributed by atoms with Crippen molar-refractivity contribution in [2.24, 2.45) is 13.0 Å². The summed E-state index contributed by atoms with van der Waals surface area (Å²) in [5.41, 5.74) is 7.51. The van der Waals surface area contributed by atoms with Crippen LogP contribution in [0.25, 0.3) is 22.3 Å². The predicted octanol–water partition coefficient (Wildman–Crippen LogP) is -3.79. The Balaban J connectivity index is 0.957. The number of hydrogen-bond donors (Lipinski definition) is 11. The molecule has 0 bridgehead atoms. The zero-order valence-corrected chi connectivity index (χ0v) is 42.1. The fourth-order valence-corrected chi connectivity index (χ4v) is 14.7. The van der Waals surface area contributed by atoms with Crippen LogP contribution in [0.2, 0.25) is 0 Å². The van der Waals surface area contributed by atoms with E-state index in [9.17, 15) is 63.0 Å². The van der Waals surface area contributed by atoms with Gasteiger partial charge in [0.25, 0.3) is 17.1 Å². The quantitative estimate of drug-likeness (QED) is 0.0263. The van der Waals surface area contributed by atoms with Gasteiger partial charge in [-0.1, -0.05) is 4.98 Å². The Morgan fingerprint density at radius 2 is 1.52 bits per heavy atom. The van der Waals surface area contributed by atoms with Crippen LogP contribution < -0.4 is 32.8 Å².